The van der Waals surface area contributed by atoms with E-state index >= 15 is 0 Å². The minimum atomic E-state index is -0.750. The first-order valence-electron chi connectivity index (χ1n) is 10.4. The maximum atomic E-state index is 12.1. The van der Waals surface area contributed by atoms with Crippen molar-refractivity contribution in [3.63, 3.8) is 0 Å². The highest BCUT2D eigenvalue weighted by Gasteiger charge is 2.28. The van der Waals surface area contributed by atoms with Crippen LogP contribution in [0.2, 0.25) is 0 Å². The molecule has 8 nitrogen and oxygen atoms in total. The lowest BCUT2D eigenvalue weighted by Crippen LogP contribution is -2.43. The SMILES string of the molecule is CC(C)(C)c1csc(C2CN(CC(O)Cn3c(-c4ccccc4)noc3=O)CCO2)n1. The van der Waals surface area contributed by atoms with Crippen LogP contribution in [-0.4, -0.2) is 57.1 Å². The molecule has 0 aliphatic carbocycles. The van der Waals surface area contributed by atoms with E-state index in [0.717, 1.165) is 22.8 Å². The van der Waals surface area contributed by atoms with Gasteiger partial charge >= 0.3 is 5.76 Å². The van der Waals surface area contributed by atoms with Crippen LogP contribution in [0.5, 0.6) is 0 Å². The summed E-state index contributed by atoms with van der Waals surface area (Å²) in [7, 11) is 0. The van der Waals surface area contributed by atoms with Gasteiger partial charge in [0.2, 0.25) is 0 Å². The second kappa shape index (κ2) is 9.04. The van der Waals surface area contributed by atoms with Crippen LogP contribution in [0.4, 0.5) is 0 Å². The van der Waals surface area contributed by atoms with Gasteiger partial charge in [0.05, 0.1) is 24.9 Å². The topological polar surface area (TPSA) is 93.6 Å². The van der Waals surface area contributed by atoms with Crippen molar-refractivity contribution < 1.29 is 14.4 Å². The summed E-state index contributed by atoms with van der Waals surface area (Å²) in [5.41, 5.74) is 1.83. The molecule has 166 valence electrons. The standard InChI is InChI=1S/C22H28N4O4S/c1-22(2,3)18-14-31-20(23-18)17-13-25(9-10-29-17)11-16(27)12-26-19(24-30-21(26)28)15-7-5-4-6-8-15/h4-8,14,16-17,27H,9-13H2,1-3H3. The highest BCUT2D eigenvalue weighted by molar-refractivity contribution is 7.09. The van der Waals surface area contributed by atoms with Gasteiger partial charge in [-0.1, -0.05) is 56.3 Å². The Hall–Kier alpha value is -2.33. The fraction of sp³-hybridized carbons (Fsp3) is 0.500. The molecule has 0 radical (unpaired) electrons. The van der Waals surface area contributed by atoms with Crippen molar-refractivity contribution >= 4 is 11.3 Å². The predicted octanol–water partition coefficient (Wildman–Crippen LogP) is 2.69. The molecule has 1 aliphatic rings. The number of thiazole rings is 1. The van der Waals surface area contributed by atoms with E-state index in [0.29, 0.717) is 25.5 Å². The summed E-state index contributed by atoms with van der Waals surface area (Å²) in [6, 6.07) is 9.33. The summed E-state index contributed by atoms with van der Waals surface area (Å²) in [5, 5.41) is 17.7. The molecule has 4 rings (SSSR count). The van der Waals surface area contributed by atoms with Gasteiger partial charge in [0.15, 0.2) is 5.82 Å². The number of morpholine rings is 1. The molecule has 1 aliphatic heterocycles. The van der Waals surface area contributed by atoms with Crippen molar-refractivity contribution in [3.05, 3.63) is 57.0 Å². The van der Waals surface area contributed by atoms with Crippen molar-refractivity contribution in [2.24, 2.45) is 0 Å². The van der Waals surface area contributed by atoms with E-state index in [4.69, 9.17) is 14.2 Å². The molecule has 0 saturated carbocycles. The zero-order valence-electron chi connectivity index (χ0n) is 18.0. The molecule has 9 heteroatoms. The average molecular weight is 445 g/mol. The Morgan fingerprint density at radius 1 is 1.26 bits per heavy atom. The molecule has 3 aromatic rings. The minimum Gasteiger partial charge on any atom is -0.390 e. The van der Waals surface area contributed by atoms with Gasteiger partial charge in [-0.3, -0.25) is 14.0 Å². The van der Waals surface area contributed by atoms with Gasteiger partial charge in [-0.25, -0.2) is 9.78 Å². The summed E-state index contributed by atoms with van der Waals surface area (Å²) < 4.78 is 12.2. The number of ether oxygens (including phenoxy) is 1. The van der Waals surface area contributed by atoms with Crippen LogP contribution in [0, 0.1) is 0 Å². The second-order valence-corrected chi connectivity index (χ2v) is 9.73. The van der Waals surface area contributed by atoms with E-state index in [-0.39, 0.29) is 18.1 Å². The molecule has 1 fully saturated rings. The second-order valence-electron chi connectivity index (χ2n) is 8.84. The molecular formula is C22H28N4O4S. The molecule has 2 atom stereocenters. The first-order valence-corrected chi connectivity index (χ1v) is 11.3. The van der Waals surface area contributed by atoms with Crippen LogP contribution >= 0.6 is 11.3 Å². The predicted molar refractivity (Wildman–Crippen MR) is 118 cm³/mol. The summed E-state index contributed by atoms with van der Waals surface area (Å²) in [4.78, 5) is 19.1. The van der Waals surface area contributed by atoms with E-state index in [2.05, 4.69) is 36.2 Å². The van der Waals surface area contributed by atoms with Gasteiger partial charge in [0.25, 0.3) is 0 Å². The van der Waals surface area contributed by atoms with Crippen LogP contribution in [0.25, 0.3) is 11.4 Å². The molecule has 2 aromatic heterocycles. The minimum absolute atomic E-state index is 0.00164. The van der Waals surface area contributed by atoms with Crippen LogP contribution in [0.3, 0.4) is 0 Å². The molecule has 1 saturated heterocycles. The van der Waals surface area contributed by atoms with E-state index in [1.165, 1.54) is 4.57 Å². The third kappa shape index (κ3) is 5.12. The van der Waals surface area contributed by atoms with Gasteiger partial charge in [0.1, 0.15) is 11.1 Å². The summed E-state index contributed by atoms with van der Waals surface area (Å²) >= 11 is 1.62. The zero-order valence-corrected chi connectivity index (χ0v) is 18.8. The number of aromatic nitrogens is 3. The highest BCUT2D eigenvalue weighted by Crippen LogP contribution is 2.30. The van der Waals surface area contributed by atoms with Crippen LogP contribution < -0.4 is 5.76 Å². The number of hydrogen-bond acceptors (Lipinski definition) is 8. The van der Waals surface area contributed by atoms with Gasteiger partial charge in [-0.15, -0.1) is 11.3 Å². The number of benzene rings is 1. The molecule has 1 aromatic carbocycles. The maximum Gasteiger partial charge on any atom is 0.441 e. The lowest BCUT2D eigenvalue weighted by molar-refractivity contribution is -0.0436. The van der Waals surface area contributed by atoms with Crippen LogP contribution in [0.15, 0.2) is 45.0 Å². The molecule has 0 spiro atoms. The third-order valence-electron chi connectivity index (χ3n) is 5.30. The number of aliphatic hydroxyl groups is 1. The van der Waals surface area contributed by atoms with E-state index < -0.39 is 11.9 Å². The largest absolute Gasteiger partial charge is 0.441 e. The fourth-order valence-corrected chi connectivity index (χ4v) is 4.67. The number of aliphatic hydroxyl groups excluding tert-OH is 1. The number of nitrogens with zero attached hydrogens (tertiary/aromatic N) is 4. The molecule has 3 heterocycles. The van der Waals surface area contributed by atoms with E-state index in [1.54, 1.807) is 11.3 Å². The monoisotopic (exact) mass is 444 g/mol. The van der Waals surface area contributed by atoms with Crippen molar-refractivity contribution in [2.75, 3.05) is 26.2 Å². The number of β-amino-alcohol motifs (C(OH)–C–C–N with tert-alkyl or cyclic N) is 1. The summed E-state index contributed by atoms with van der Waals surface area (Å²) in [6.45, 7) is 8.91. The van der Waals surface area contributed by atoms with Crippen molar-refractivity contribution in [2.45, 2.75) is 44.9 Å². The highest BCUT2D eigenvalue weighted by atomic mass is 32.1. The fourth-order valence-electron chi connectivity index (χ4n) is 3.59. The number of hydrogen-bond donors (Lipinski definition) is 1. The first kappa shape index (κ1) is 21.9. The number of rotatable bonds is 6. The van der Waals surface area contributed by atoms with Crippen molar-refractivity contribution in [3.8, 4) is 11.4 Å². The Bertz CT molecular complexity index is 1050. The Labute approximate surface area is 185 Å². The molecule has 0 bridgehead atoms. The Morgan fingerprint density at radius 3 is 2.74 bits per heavy atom. The van der Waals surface area contributed by atoms with Gasteiger partial charge in [0, 0.05) is 36.0 Å². The quantitative estimate of drug-likeness (QED) is 0.625. The average Bonchev–Trinajstić information content (AvgIpc) is 3.37. The van der Waals surface area contributed by atoms with Crippen molar-refractivity contribution in [1.29, 1.82) is 0 Å². The summed E-state index contributed by atoms with van der Waals surface area (Å²) in [5.74, 6) is -0.155. The normalized spacial score (nSPS) is 18.9. The molecule has 1 N–H and O–H groups in total. The first-order chi connectivity index (χ1) is 14.8. The molecule has 0 amide bonds. The third-order valence-corrected chi connectivity index (χ3v) is 6.23. The lowest BCUT2D eigenvalue weighted by atomic mass is 9.93. The van der Waals surface area contributed by atoms with Crippen molar-refractivity contribution in [1.82, 2.24) is 19.6 Å². The Kier molecular flexibility index (Phi) is 6.38. The molecule has 31 heavy (non-hydrogen) atoms. The van der Waals surface area contributed by atoms with E-state index in [9.17, 15) is 9.90 Å². The lowest BCUT2D eigenvalue weighted by Gasteiger charge is -2.33. The Morgan fingerprint density at radius 2 is 2.03 bits per heavy atom. The van der Waals surface area contributed by atoms with Crippen LogP contribution in [-0.2, 0) is 16.7 Å². The maximum absolute atomic E-state index is 12.1. The Balaban J connectivity index is 1.40. The molecule has 2 unspecified atom stereocenters. The van der Waals surface area contributed by atoms with E-state index in [1.807, 2.05) is 30.3 Å². The smallest absolute Gasteiger partial charge is 0.390 e. The zero-order chi connectivity index (χ0) is 22.0. The van der Waals surface area contributed by atoms with Gasteiger partial charge < -0.3 is 9.84 Å². The van der Waals surface area contributed by atoms with Crippen LogP contribution in [0.1, 0.15) is 37.6 Å². The van der Waals surface area contributed by atoms with Gasteiger partial charge in [-0.2, -0.15) is 0 Å². The van der Waals surface area contributed by atoms with Gasteiger partial charge in [-0.05, 0) is 0 Å². The molecular weight excluding hydrogens is 416 g/mol. The summed E-state index contributed by atoms with van der Waals surface area (Å²) in [6.07, 6.45) is -0.861.